The number of nitrogens with zero attached hydrogens (tertiary/aromatic N) is 2. The zero-order chi connectivity index (χ0) is 16.8. The van der Waals surface area contributed by atoms with Gasteiger partial charge in [-0.1, -0.05) is 6.42 Å². The largest absolute Gasteiger partial charge is 0.424 e. The van der Waals surface area contributed by atoms with Crippen LogP contribution in [0.25, 0.3) is 11.1 Å². The second kappa shape index (κ2) is 6.80. The number of halogens is 2. The van der Waals surface area contributed by atoms with Crippen molar-refractivity contribution in [1.29, 1.82) is 0 Å². The molecule has 2 fully saturated rings. The lowest BCUT2D eigenvalue weighted by Crippen LogP contribution is -2.55. The second-order valence-electron chi connectivity index (χ2n) is 6.87. The molecule has 2 unspecified atom stereocenters. The number of amides is 1. The van der Waals surface area contributed by atoms with Gasteiger partial charge in [0.15, 0.2) is 5.58 Å². The van der Waals surface area contributed by atoms with Crippen LogP contribution in [-0.4, -0.2) is 41.0 Å². The Morgan fingerprint density at radius 1 is 1.36 bits per heavy atom. The van der Waals surface area contributed by atoms with Gasteiger partial charge in [0.25, 0.3) is 11.9 Å². The highest BCUT2D eigenvalue weighted by molar-refractivity contribution is 6.05. The number of carbonyl (C=O) groups is 1. The van der Waals surface area contributed by atoms with Gasteiger partial charge in [-0.25, -0.2) is 4.39 Å². The van der Waals surface area contributed by atoms with Gasteiger partial charge >= 0.3 is 0 Å². The number of nitrogens with one attached hydrogen (secondary N) is 1. The first-order chi connectivity index (χ1) is 11.5. The lowest BCUT2D eigenvalue weighted by molar-refractivity contribution is 0.0462. The summed E-state index contributed by atoms with van der Waals surface area (Å²) in [5, 5.41) is 3.00. The maximum atomic E-state index is 14.2. The number of hydrogen-bond donors (Lipinski definition) is 2. The van der Waals surface area contributed by atoms with Crippen LogP contribution in [0.5, 0.6) is 0 Å². The number of oxazole rings is 1. The van der Waals surface area contributed by atoms with Crippen LogP contribution in [0.2, 0.25) is 0 Å². The molecule has 2 aliphatic heterocycles. The van der Waals surface area contributed by atoms with E-state index in [9.17, 15) is 9.18 Å². The minimum atomic E-state index is -0.610. The van der Waals surface area contributed by atoms with E-state index >= 15 is 0 Å². The van der Waals surface area contributed by atoms with Crippen molar-refractivity contribution in [2.45, 2.75) is 50.2 Å². The molecule has 136 valence electrons. The number of benzene rings is 1. The molecule has 2 aromatic rings. The summed E-state index contributed by atoms with van der Waals surface area (Å²) >= 11 is 0. The molecule has 0 aliphatic carbocycles. The summed E-state index contributed by atoms with van der Waals surface area (Å²) in [6.07, 6.45) is 5.35. The van der Waals surface area contributed by atoms with Gasteiger partial charge in [0.05, 0.1) is 0 Å². The lowest BCUT2D eigenvalue weighted by Gasteiger charge is -2.47. The molecular weight excluding hydrogens is 347 g/mol. The third-order valence-corrected chi connectivity index (χ3v) is 5.43. The van der Waals surface area contributed by atoms with Gasteiger partial charge in [-0.2, -0.15) is 4.98 Å². The molecule has 2 aliphatic rings. The van der Waals surface area contributed by atoms with E-state index in [1.807, 2.05) is 0 Å². The first-order valence-corrected chi connectivity index (χ1v) is 8.40. The van der Waals surface area contributed by atoms with Crippen molar-refractivity contribution in [3.05, 3.63) is 23.5 Å². The predicted molar refractivity (Wildman–Crippen MR) is 95.3 cm³/mol. The topological polar surface area (TPSA) is 84.4 Å². The Labute approximate surface area is 151 Å². The standard InChI is InChI=1S/C17H21FN4O2.ClH/c1-22-10-3-2-4-11(22)8-9(7-10)20-16(23)14-12(18)5-6-13-15(14)21-17(19)24-13;/h5-6,9-11H,2-4,7-8H2,1H3,(H2,19,21)(H,20,23);1H. The highest BCUT2D eigenvalue weighted by Gasteiger charge is 2.37. The third kappa shape index (κ3) is 3.18. The van der Waals surface area contributed by atoms with Gasteiger partial charge in [0.1, 0.15) is 16.9 Å². The summed E-state index contributed by atoms with van der Waals surface area (Å²) in [7, 11) is 2.16. The van der Waals surface area contributed by atoms with E-state index in [0.717, 1.165) is 25.7 Å². The maximum absolute atomic E-state index is 14.2. The second-order valence-corrected chi connectivity index (χ2v) is 6.87. The Hall–Kier alpha value is -1.86. The zero-order valence-corrected chi connectivity index (χ0v) is 14.8. The molecule has 2 bridgehead atoms. The number of fused-ring (bicyclic) bond motifs is 3. The van der Waals surface area contributed by atoms with E-state index in [4.69, 9.17) is 10.2 Å². The molecule has 6 nitrogen and oxygen atoms in total. The summed E-state index contributed by atoms with van der Waals surface area (Å²) in [5.74, 6) is -1.06. The highest BCUT2D eigenvalue weighted by Crippen LogP contribution is 2.33. The number of hydrogen-bond acceptors (Lipinski definition) is 5. The number of carbonyl (C=O) groups excluding carboxylic acids is 1. The molecule has 2 atom stereocenters. The van der Waals surface area contributed by atoms with Gasteiger partial charge in [0.2, 0.25) is 0 Å². The van der Waals surface area contributed by atoms with E-state index in [1.54, 1.807) is 0 Å². The summed E-state index contributed by atoms with van der Waals surface area (Å²) < 4.78 is 19.4. The minimum Gasteiger partial charge on any atom is -0.424 e. The van der Waals surface area contributed by atoms with Crippen LogP contribution in [0.3, 0.4) is 0 Å². The molecule has 0 saturated carbocycles. The Balaban J connectivity index is 0.00000182. The number of piperidine rings is 2. The first-order valence-electron chi connectivity index (χ1n) is 8.40. The van der Waals surface area contributed by atoms with Crippen LogP contribution in [0.1, 0.15) is 42.5 Å². The Bertz CT molecular complexity index is 782. The van der Waals surface area contributed by atoms with E-state index in [0.29, 0.717) is 17.7 Å². The van der Waals surface area contributed by atoms with Crippen molar-refractivity contribution in [2.75, 3.05) is 12.8 Å². The van der Waals surface area contributed by atoms with Gasteiger partial charge in [-0.15, -0.1) is 12.4 Å². The Morgan fingerprint density at radius 2 is 2.04 bits per heavy atom. The molecule has 1 aromatic carbocycles. The molecule has 3 heterocycles. The van der Waals surface area contributed by atoms with Crippen LogP contribution < -0.4 is 11.1 Å². The fourth-order valence-electron chi connectivity index (χ4n) is 4.19. The minimum absolute atomic E-state index is 0. The molecule has 3 N–H and O–H groups in total. The SMILES string of the molecule is CN1C2CCCC1CC(NC(=O)c1c(F)ccc3oc(N)nc13)C2.Cl. The van der Waals surface area contributed by atoms with Crippen molar-refractivity contribution in [2.24, 2.45) is 0 Å². The first kappa shape index (κ1) is 17.9. The summed E-state index contributed by atoms with van der Waals surface area (Å²) in [6.45, 7) is 0. The number of nitrogens with two attached hydrogens (primary N) is 1. The number of nitrogen functional groups attached to an aromatic ring is 1. The van der Waals surface area contributed by atoms with E-state index in [1.165, 1.54) is 18.6 Å². The molecule has 8 heteroatoms. The van der Waals surface area contributed by atoms with Crippen molar-refractivity contribution in [3.8, 4) is 0 Å². The summed E-state index contributed by atoms with van der Waals surface area (Å²) in [6, 6.07) is 3.62. The predicted octanol–water partition coefficient (Wildman–Crippen LogP) is 2.72. The molecular formula is C17H22ClFN4O2. The third-order valence-electron chi connectivity index (χ3n) is 5.43. The highest BCUT2D eigenvalue weighted by atomic mass is 35.5. The summed E-state index contributed by atoms with van der Waals surface area (Å²) in [5.41, 5.74) is 5.95. The molecule has 0 radical (unpaired) electrons. The van der Waals surface area contributed by atoms with Crippen LogP contribution in [0, 0.1) is 5.82 Å². The van der Waals surface area contributed by atoms with Crippen molar-refractivity contribution in [3.63, 3.8) is 0 Å². The quantitative estimate of drug-likeness (QED) is 0.851. The average molecular weight is 369 g/mol. The molecule has 2 saturated heterocycles. The Morgan fingerprint density at radius 3 is 2.72 bits per heavy atom. The fourth-order valence-corrected chi connectivity index (χ4v) is 4.19. The van der Waals surface area contributed by atoms with Crippen LogP contribution >= 0.6 is 12.4 Å². The van der Waals surface area contributed by atoms with E-state index in [-0.39, 0.29) is 35.5 Å². The number of anilines is 1. The monoisotopic (exact) mass is 368 g/mol. The van der Waals surface area contributed by atoms with Gasteiger partial charge in [0, 0.05) is 18.1 Å². The molecule has 4 rings (SSSR count). The number of rotatable bonds is 2. The Kier molecular flexibility index (Phi) is 4.88. The van der Waals surface area contributed by atoms with E-state index in [2.05, 4.69) is 22.2 Å². The van der Waals surface area contributed by atoms with Crippen molar-refractivity contribution >= 4 is 35.4 Å². The normalized spacial score (nSPS) is 26.2. The van der Waals surface area contributed by atoms with Crippen molar-refractivity contribution in [1.82, 2.24) is 15.2 Å². The molecule has 1 amide bonds. The fraction of sp³-hybridized carbons (Fsp3) is 0.529. The summed E-state index contributed by atoms with van der Waals surface area (Å²) in [4.78, 5) is 19.1. The van der Waals surface area contributed by atoms with Gasteiger partial charge in [-0.05, 0) is 44.9 Å². The van der Waals surface area contributed by atoms with Crippen LogP contribution in [0.15, 0.2) is 16.5 Å². The van der Waals surface area contributed by atoms with Crippen LogP contribution in [-0.2, 0) is 0 Å². The smallest absolute Gasteiger partial charge is 0.293 e. The van der Waals surface area contributed by atoms with Gasteiger partial charge < -0.3 is 20.4 Å². The van der Waals surface area contributed by atoms with Gasteiger partial charge in [-0.3, -0.25) is 4.79 Å². The van der Waals surface area contributed by atoms with Crippen LogP contribution in [0.4, 0.5) is 10.4 Å². The molecule has 1 aromatic heterocycles. The van der Waals surface area contributed by atoms with E-state index < -0.39 is 11.7 Å². The molecule has 0 spiro atoms. The zero-order valence-electron chi connectivity index (χ0n) is 14.0. The average Bonchev–Trinajstić information content (AvgIpc) is 2.88. The van der Waals surface area contributed by atoms with Crippen molar-refractivity contribution < 1.29 is 13.6 Å². The number of aromatic nitrogens is 1. The lowest BCUT2D eigenvalue weighted by atomic mass is 9.82. The molecule has 25 heavy (non-hydrogen) atoms. The maximum Gasteiger partial charge on any atom is 0.293 e.